The quantitative estimate of drug-likeness (QED) is 0.185. The standard InChI is InChI=1S/C45H29N3/c1-2-14-34(15-3-1)47(41-20-10-13-31-11-4-6-16-36(31)41)35-25-21-30(22-26-35)33-24-28-42-39(29-33)38-27-23-32-12-5-7-17-37(32)44(38)45-46-40-18-8-9-19-43(40)48(42)45/h1-29H. The van der Waals surface area contributed by atoms with E-state index >= 15 is 0 Å². The van der Waals surface area contributed by atoms with E-state index in [9.17, 15) is 0 Å². The molecule has 3 heteroatoms. The van der Waals surface area contributed by atoms with Crippen LogP contribution in [0.3, 0.4) is 0 Å². The number of aromatic nitrogens is 2. The molecular weight excluding hydrogens is 583 g/mol. The monoisotopic (exact) mass is 611 g/mol. The van der Waals surface area contributed by atoms with E-state index in [1.54, 1.807) is 0 Å². The molecule has 3 nitrogen and oxygen atoms in total. The number of nitrogens with zero attached hydrogens (tertiary/aromatic N) is 3. The van der Waals surface area contributed by atoms with Crippen LogP contribution >= 0.6 is 0 Å². The van der Waals surface area contributed by atoms with Crippen LogP contribution in [0.15, 0.2) is 176 Å². The van der Waals surface area contributed by atoms with E-state index in [1.807, 2.05) is 0 Å². The molecule has 2 heterocycles. The maximum Gasteiger partial charge on any atom is 0.147 e. The highest BCUT2D eigenvalue weighted by Gasteiger charge is 2.18. The number of rotatable bonds is 4. The number of pyridine rings is 1. The number of hydrogen-bond donors (Lipinski definition) is 0. The van der Waals surface area contributed by atoms with E-state index < -0.39 is 0 Å². The predicted molar refractivity (Wildman–Crippen MR) is 203 cm³/mol. The van der Waals surface area contributed by atoms with E-state index in [0.717, 1.165) is 39.3 Å². The molecule has 0 radical (unpaired) electrons. The molecule has 8 aromatic carbocycles. The molecule has 0 unspecified atom stereocenters. The Kier molecular flexibility index (Phi) is 5.87. The Labute approximate surface area is 277 Å². The highest BCUT2D eigenvalue weighted by atomic mass is 15.1. The van der Waals surface area contributed by atoms with E-state index in [0.29, 0.717) is 0 Å². The second-order valence-electron chi connectivity index (χ2n) is 12.4. The number of hydrogen-bond acceptors (Lipinski definition) is 2. The minimum absolute atomic E-state index is 1.00. The largest absolute Gasteiger partial charge is 0.310 e. The van der Waals surface area contributed by atoms with Gasteiger partial charge < -0.3 is 4.90 Å². The molecule has 0 aliphatic rings. The Balaban J connectivity index is 1.17. The van der Waals surface area contributed by atoms with Gasteiger partial charge in [-0.15, -0.1) is 0 Å². The van der Waals surface area contributed by atoms with Crippen LogP contribution in [0.25, 0.3) is 71.0 Å². The molecule has 0 atom stereocenters. The normalized spacial score (nSPS) is 11.8. The third kappa shape index (κ3) is 4.04. The van der Waals surface area contributed by atoms with Gasteiger partial charge in [-0.25, -0.2) is 4.98 Å². The first kappa shape index (κ1) is 26.7. The molecule has 0 N–H and O–H groups in total. The second kappa shape index (κ2) is 10.5. The highest BCUT2D eigenvalue weighted by molar-refractivity contribution is 6.23. The van der Waals surface area contributed by atoms with Gasteiger partial charge >= 0.3 is 0 Å². The van der Waals surface area contributed by atoms with Crippen molar-refractivity contribution in [1.82, 2.24) is 9.38 Å². The van der Waals surface area contributed by atoms with Crippen LogP contribution in [0, 0.1) is 0 Å². The number of imidazole rings is 1. The summed E-state index contributed by atoms with van der Waals surface area (Å²) in [5.41, 5.74) is 10.1. The van der Waals surface area contributed by atoms with Gasteiger partial charge in [-0.2, -0.15) is 0 Å². The Morgan fingerprint density at radius 1 is 0.417 bits per heavy atom. The summed E-state index contributed by atoms with van der Waals surface area (Å²) in [6.45, 7) is 0. The van der Waals surface area contributed by atoms with Gasteiger partial charge in [0.2, 0.25) is 0 Å². The molecule has 10 rings (SSSR count). The van der Waals surface area contributed by atoms with E-state index in [1.165, 1.54) is 48.8 Å². The minimum atomic E-state index is 1.00. The molecule has 0 bridgehead atoms. The van der Waals surface area contributed by atoms with Crippen molar-refractivity contribution >= 4 is 77.0 Å². The van der Waals surface area contributed by atoms with Crippen molar-refractivity contribution in [3.63, 3.8) is 0 Å². The molecule has 0 fully saturated rings. The first-order valence-corrected chi connectivity index (χ1v) is 16.4. The van der Waals surface area contributed by atoms with Crippen LogP contribution < -0.4 is 4.90 Å². The van der Waals surface area contributed by atoms with Crippen molar-refractivity contribution < 1.29 is 0 Å². The summed E-state index contributed by atoms with van der Waals surface area (Å²) in [6.07, 6.45) is 0. The van der Waals surface area contributed by atoms with Gasteiger partial charge in [0, 0.05) is 27.5 Å². The molecule has 0 amide bonds. The lowest BCUT2D eigenvalue weighted by Crippen LogP contribution is -2.10. The highest BCUT2D eigenvalue weighted by Crippen LogP contribution is 2.41. The first-order valence-electron chi connectivity index (χ1n) is 16.4. The molecule has 0 saturated carbocycles. The molecule has 0 spiro atoms. The van der Waals surface area contributed by atoms with Gasteiger partial charge in [0.05, 0.1) is 22.2 Å². The van der Waals surface area contributed by atoms with Gasteiger partial charge in [-0.3, -0.25) is 4.40 Å². The SMILES string of the molecule is c1ccc(N(c2ccc(-c3ccc4c(c3)c3ccc5ccccc5c3c3nc5ccccc5n43)cc2)c2cccc3ccccc23)cc1. The fraction of sp³-hybridized carbons (Fsp3) is 0. The third-order valence-electron chi connectivity index (χ3n) is 9.72. The zero-order valence-electron chi connectivity index (χ0n) is 26.1. The number of para-hydroxylation sites is 3. The fourth-order valence-corrected chi connectivity index (χ4v) is 7.51. The van der Waals surface area contributed by atoms with Gasteiger partial charge in [-0.1, -0.05) is 121 Å². The van der Waals surface area contributed by atoms with Crippen molar-refractivity contribution in [3.05, 3.63) is 176 Å². The number of anilines is 3. The predicted octanol–water partition coefficient (Wildman–Crippen LogP) is 12.2. The Morgan fingerprint density at radius 3 is 1.94 bits per heavy atom. The summed E-state index contributed by atoms with van der Waals surface area (Å²) in [6, 6.07) is 63.2. The van der Waals surface area contributed by atoms with Crippen LogP contribution in [-0.4, -0.2) is 9.38 Å². The van der Waals surface area contributed by atoms with Crippen molar-refractivity contribution in [2.45, 2.75) is 0 Å². The third-order valence-corrected chi connectivity index (χ3v) is 9.72. The Hall–Kier alpha value is -6.45. The molecular formula is C45H29N3. The zero-order chi connectivity index (χ0) is 31.6. The van der Waals surface area contributed by atoms with Crippen LogP contribution in [0.4, 0.5) is 17.1 Å². The van der Waals surface area contributed by atoms with Crippen molar-refractivity contribution in [3.8, 4) is 11.1 Å². The van der Waals surface area contributed by atoms with E-state index in [2.05, 4.69) is 185 Å². The molecule has 2 aromatic heterocycles. The van der Waals surface area contributed by atoms with Crippen molar-refractivity contribution in [2.24, 2.45) is 0 Å². The average molecular weight is 612 g/mol. The molecule has 0 aliphatic carbocycles. The number of fused-ring (bicyclic) bond motifs is 11. The summed E-state index contributed by atoms with van der Waals surface area (Å²) < 4.78 is 2.34. The lowest BCUT2D eigenvalue weighted by atomic mass is 9.96. The van der Waals surface area contributed by atoms with Crippen LogP contribution in [0.1, 0.15) is 0 Å². The molecule has 48 heavy (non-hydrogen) atoms. The van der Waals surface area contributed by atoms with Crippen molar-refractivity contribution in [2.75, 3.05) is 4.90 Å². The van der Waals surface area contributed by atoms with Gasteiger partial charge in [-0.05, 0) is 87.3 Å². The molecule has 10 aromatic rings. The molecule has 0 saturated heterocycles. The minimum Gasteiger partial charge on any atom is -0.310 e. The van der Waals surface area contributed by atoms with Crippen LogP contribution in [0.2, 0.25) is 0 Å². The van der Waals surface area contributed by atoms with Gasteiger partial charge in [0.1, 0.15) is 5.65 Å². The van der Waals surface area contributed by atoms with Crippen molar-refractivity contribution in [1.29, 1.82) is 0 Å². The van der Waals surface area contributed by atoms with Crippen LogP contribution in [-0.2, 0) is 0 Å². The van der Waals surface area contributed by atoms with Gasteiger partial charge in [0.25, 0.3) is 0 Å². The smallest absolute Gasteiger partial charge is 0.147 e. The summed E-state index contributed by atoms with van der Waals surface area (Å²) in [5, 5.41) is 8.52. The molecule has 0 aliphatic heterocycles. The first-order chi connectivity index (χ1) is 23.8. The maximum atomic E-state index is 5.18. The molecule has 224 valence electrons. The lowest BCUT2D eigenvalue weighted by molar-refractivity contribution is 1.30. The second-order valence-corrected chi connectivity index (χ2v) is 12.4. The topological polar surface area (TPSA) is 20.5 Å². The van der Waals surface area contributed by atoms with E-state index in [4.69, 9.17) is 4.98 Å². The summed E-state index contributed by atoms with van der Waals surface area (Å²) >= 11 is 0. The Morgan fingerprint density at radius 2 is 1.08 bits per heavy atom. The summed E-state index contributed by atoms with van der Waals surface area (Å²) in [5.74, 6) is 0. The van der Waals surface area contributed by atoms with Crippen LogP contribution in [0.5, 0.6) is 0 Å². The lowest BCUT2D eigenvalue weighted by Gasteiger charge is -2.27. The Bertz CT molecular complexity index is 2830. The number of benzene rings is 8. The zero-order valence-corrected chi connectivity index (χ0v) is 26.1. The maximum absolute atomic E-state index is 5.18. The van der Waals surface area contributed by atoms with Gasteiger partial charge in [0.15, 0.2) is 0 Å². The summed E-state index contributed by atoms with van der Waals surface area (Å²) in [7, 11) is 0. The summed E-state index contributed by atoms with van der Waals surface area (Å²) in [4.78, 5) is 7.53. The fourth-order valence-electron chi connectivity index (χ4n) is 7.51. The van der Waals surface area contributed by atoms with E-state index in [-0.39, 0.29) is 0 Å². The average Bonchev–Trinajstić information content (AvgIpc) is 3.55.